The molecule has 2 rings (SSSR count). The molecule has 0 radical (unpaired) electrons. The average Bonchev–Trinajstić information content (AvgIpc) is 2.92. The lowest BCUT2D eigenvalue weighted by Gasteiger charge is -2.15. The van der Waals surface area contributed by atoms with Crippen LogP contribution in [-0.2, 0) is 0 Å². The number of hydrogen-bond donors (Lipinski definition) is 1. The SMILES string of the molecule is CCC(CC)Nc1nccc(C(C#N)c2nc(C)cs2)n1. The minimum absolute atomic E-state index is 0.350. The molecule has 0 amide bonds. The van der Waals surface area contributed by atoms with Gasteiger partial charge in [0.15, 0.2) is 0 Å². The van der Waals surface area contributed by atoms with Crippen molar-refractivity contribution < 1.29 is 0 Å². The molecule has 110 valence electrons. The van der Waals surface area contributed by atoms with E-state index in [9.17, 15) is 5.26 Å². The molecule has 2 aromatic rings. The second-order valence-electron chi connectivity index (χ2n) is 4.85. The summed E-state index contributed by atoms with van der Waals surface area (Å²) in [6, 6.07) is 4.42. The van der Waals surface area contributed by atoms with Crippen molar-refractivity contribution in [3.05, 3.63) is 34.0 Å². The van der Waals surface area contributed by atoms with Crippen molar-refractivity contribution in [3.8, 4) is 6.07 Å². The van der Waals surface area contributed by atoms with Gasteiger partial charge in [0.05, 0.1) is 11.8 Å². The van der Waals surface area contributed by atoms with E-state index in [4.69, 9.17) is 0 Å². The molecule has 0 fully saturated rings. The van der Waals surface area contributed by atoms with Crippen LogP contribution >= 0.6 is 11.3 Å². The number of rotatable bonds is 6. The zero-order valence-corrected chi connectivity index (χ0v) is 13.3. The summed E-state index contributed by atoms with van der Waals surface area (Å²) >= 11 is 1.49. The second kappa shape index (κ2) is 7.14. The third-order valence-electron chi connectivity index (χ3n) is 3.30. The summed E-state index contributed by atoms with van der Waals surface area (Å²) in [7, 11) is 0. The summed E-state index contributed by atoms with van der Waals surface area (Å²) in [6.07, 6.45) is 3.72. The van der Waals surface area contributed by atoms with E-state index >= 15 is 0 Å². The highest BCUT2D eigenvalue weighted by molar-refractivity contribution is 7.09. The molecule has 0 saturated carbocycles. The Kier molecular flexibility index (Phi) is 5.23. The summed E-state index contributed by atoms with van der Waals surface area (Å²) in [5.41, 5.74) is 1.62. The molecule has 6 heteroatoms. The van der Waals surface area contributed by atoms with Crippen LogP contribution < -0.4 is 5.32 Å². The van der Waals surface area contributed by atoms with E-state index in [1.54, 1.807) is 12.3 Å². The van der Waals surface area contributed by atoms with Crippen molar-refractivity contribution in [2.45, 2.75) is 45.6 Å². The second-order valence-corrected chi connectivity index (χ2v) is 5.74. The zero-order chi connectivity index (χ0) is 15.2. The van der Waals surface area contributed by atoms with Crippen molar-refractivity contribution in [2.24, 2.45) is 0 Å². The first-order valence-electron chi connectivity index (χ1n) is 7.09. The Morgan fingerprint density at radius 3 is 2.67 bits per heavy atom. The van der Waals surface area contributed by atoms with Gasteiger partial charge in [-0.25, -0.2) is 15.0 Å². The molecule has 0 saturated heterocycles. The first-order chi connectivity index (χ1) is 10.2. The van der Waals surface area contributed by atoms with Gasteiger partial charge in [-0.3, -0.25) is 0 Å². The van der Waals surface area contributed by atoms with E-state index < -0.39 is 5.92 Å². The van der Waals surface area contributed by atoms with Crippen molar-refractivity contribution in [2.75, 3.05) is 5.32 Å². The average molecular weight is 301 g/mol. The van der Waals surface area contributed by atoms with Gasteiger partial charge in [-0.2, -0.15) is 5.26 Å². The number of thiazole rings is 1. The van der Waals surface area contributed by atoms with Crippen molar-refractivity contribution in [1.82, 2.24) is 15.0 Å². The molecule has 0 aliphatic carbocycles. The van der Waals surface area contributed by atoms with Gasteiger partial charge in [0.1, 0.15) is 10.9 Å². The van der Waals surface area contributed by atoms with Crippen molar-refractivity contribution >= 4 is 17.3 Å². The fraction of sp³-hybridized carbons (Fsp3) is 0.467. The normalized spacial score (nSPS) is 12.1. The number of anilines is 1. The Balaban J connectivity index is 2.25. The van der Waals surface area contributed by atoms with Crippen LogP contribution in [0, 0.1) is 18.3 Å². The highest BCUT2D eigenvalue weighted by Gasteiger charge is 2.19. The fourth-order valence-electron chi connectivity index (χ4n) is 2.03. The Hall–Kier alpha value is -2.00. The summed E-state index contributed by atoms with van der Waals surface area (Å²) < 4.78 is 0. The largest absolute Gasteiger partial charge is 0.352 e. The van der Waals surface area contributed by atoms with Gasteiger partial charge in [-0.05, 0) is 25.8 Å². The van der Waals surface area contributed by atoms with E-state index in [2.05, 4.69) is 40.2 Å². The number of aromatic nitrogens is 3. The van der Waals surface area contributed by atoms with Gasteiger partial charge >= 0.3 is 0 Å². The molecule has 0 bridgehead atoms. The van der Waals surface area contributed by atoms with Crippen molar-refractivity contribution in [3.63, 3.8) is 0 Å². The number of nitriles is 1. The molecule has 2 heterocycles. The van der Waals surface area contributed by atoms with Crippen LogP contribution in [0.25, 0.3) is 0 Å². The lowest BCUT2D eigenvalue weighted by Crippen LogP contribution is -2.19. The van der Waals surface area contributed by atoms with Crippen LogP contribution in [0.15, 0.2) is 17.6 Å². The predicted octanol–water partition coefficient (Wildman–Crippen LogP) is 3.50. The van der Waals surface area contributed by atoms with E-state index in [0.717, 1.165) is 23.5 Å². The molecule has 0 spiro atoms. The highest BCUT2D eigenvalue weighted by Crippen LogP contribution is 2.25. The standard InChI is InChI=1S/C15H19N5S/c1-4-11(5-2)19-15-17-7-6-13(20-15)12(8-16)14-18-10(3)9-21-14/h6-7,9,11-12H,4-5H2,1-3H3,(H,17,19,20). The molecule has 5 nitrogen and oxygen atoms in total. The van der Waals surface area contributed by atoms with Gasteiger partial charge in [0.2, 0.25) is 5.95 Å². The van der Waals surface area contributed by atoms with Crippen LogP contribution in [0.5, 0.6) is 0 Å². The minimum atomic E-state index is -0.436. The fourth-order valence-corrected chi connectivity index (χ4v) is 2.88. The molecular formula is C15H19N5S. The molecule has 2 aromatic heterocycles. The third kappa shape index (κ3) is 3.76. The van der Waals surface area contributed by atoms with E-state index in [0.29, 0.717) is 17.7 Å². The van der Waals surface area contributed by atoms with E-state index in [1.807, 2.05) is 12.3 Å². The molecule has 21 heavy (non-hydrogen) atoms. The molecule has 1 atom stereocenters. The summed E-state index contributed by atoms with van der Waals surface area (Å²) in [5, 5.41) is 15.5. The quantitative estimate of drug-likeness (QED) is 0.884. The minimum Gasteiger partial charge on any atom is -0.352 e. The molecule has 0 aliphatic heterocycles. The van der Waals surface area contributed by atoms with Gasteiger partial charge < -0.3 is 5.32 Å². The zero-order valence-electron chi connectivity index (χ0n) is 12.5. The smallest absolute Gasteiger partial charge is 0.223 e. The molecule has 0 aliphatic rings. The first-order valence-corrected chi connectivity index (χ1v) is 7.97. The maximum Gasteiger partial charge on any atom is 0.223 e. The van der Waals surface area contributed by atoms with Crippen LogP contribution in [-0.4, -0.2) is 21.0 Å². The number of nitrogens with one attached hydrogen (secondary N) is 1. The third-order valence-corrected chi connectivity index (χ3v) is 4.33. The van der Waals surface area contributed by atoms with Gasteiger partial charge in [-0.15, -0.1) is 11.3 Å². The lowest BCUT2D eigenvalue weighted by atomic mass is 10.1. The van der Waals surface area contributed by atoms with Gasteiger partial charge in [0, 0.05) is 23.3 Å². The Morgan fingerprint density at radius 1 is 1.33 bits per heavy atom. The predicted molar refractivity (Wildman–Crippen MR) is 84.3 cm³/mol. The molecule has 1 N–H and O–H groups in total. The first kappa shape index (κ1) is 15.4. The summed E-state index contributed by atoms with van der Waals surface area (Å²) in [5.74, 6) is 0.142. The number of hydrogen-bond acceptors (Lipinski definition) is 6. The Labute approximate surface area is 129 Å². The monoisotopic (exact) mass is 301 g/mol. The van der Waals surface area contributed by atoms with Crippen molar-refractivity contribution in [1.29, 1.82) is 5.26 Å². The molecule has 0 aromatic carbocycles. The van der Waals surface area contributed by atoms with E-state index in [-0.39, 0.29) is 0 Å². The van der Waals surface area contributed by atoms with Gasteiger partial charge in [0.25, 0.3) is 0 Å². The topological polar surface area (TPSA) is 74.5 Å². The lowest BCUT2D eigenvalue weighted by molar-refractivity contribution is 0.663. The van der Waals surface area contributed by atoms with E-state index in [1.165, 1.54) is 11.3 Å². The Bertz CT molecular complexity index is 627. The summed E-state index contributed by atoms with van der Waals surface area (Å²) in [6.45, 7) is 6.18. The van der Waals surface area contributed by atoms with Gasteiger partial charge in [-0.1, -0.05) is 13.8 Å². The maximum atomic E-state index is 9.44. The maximum absolute atomic E-state index is 9.44. The summed E-state index contributed by atoms with van der Waals surface area (Å²) in [4.78, 5) is 13.1. The number of nitrogens with zero attached hydrogens (tertiary/aromatic N) is 4. The van der Waals surface area contributed by atoms with Crippen LogP contribution in [0.2, 0.25) is 0 Å². The number of aryl methyl sites for hydroxylation is 1. The van der Waals surface area contributed by atoms with Crippen LogP contribution in [0.3, 0.4) is 0 Å². The van der Waals surface area contributed by atoms with Crippen LogP contribution in [0.4, 0.5) is 5.95 Å². The molecular weight excluding hydrogens is 282 g/mol. The Morgan fingerprint density at radius 2 is 2.10 bits per heavy atom. The highest BCUT2D eigenvalue weighted by atomic mass is 32.1. The molecule has 1 unspecified atom stereocenters. The van der Waals surface area contributed by atoms with Crippen LogP contribution in [0.1, 0.15) is 49.0 Å².